The molecule has 31 heavy (non-hydrogen) atoms. The minimum absolute atomic E-state index is 0.0602. The fourth-order valence-electron chi connectivity index (χ4n) is 3.30. The van der Waals surface area contributed by atoms with Gasteiger partial charge in [0.2, 0.25) is 5.91 Å². The zero-order valence-electron chi connectivity index (χ0n) is 19.3. The molecule has 0 saturated carbocycles. The summed E-state index contributed by atoms with van der Waals surface area (Å²) < 4.78 is 16.2. The molecule has 176 valence electrons. The van der Waals surface area contributed by atoms with Crippen molar-refractivity contribution in [3.8, 4) is 17.2 Å². The summed E-state index contributed by atoms with van der Waals surface area (Å²) in [5.41, 5.74) is 0. The zero-order chi connectivity index (χ0) is 23.1. The van der Waals surface area contributed by atoms with Crippen LogP contribution in [0.5, 0.6) is 17.2 Å². The molecule has 0 aromatic heterocycles. The Hall–Kier alpha value is -2.48. The Kier molecular flexibility index (Phi) is 13.1. The van der Waals surface area contributed by atoms with E-state index in [0.29, 0.717) is 31.1 Å². The fraction of sp³-hybridized carbons (Fsp3) is 0.652. The minimum Gasteiger partial charge on any atom is -0.493 e. The number of carbonyl (C=O) groups is 2. The number of rotatable bonds is 17. The van der Waals surface area contributed by atoms with Crippen LogP contribution in [0.2, 0.25) is 0 Å². The number of hydrogen-bond acceptors (Lipinski definition) is 6. The number of carboxylic acids is 1. The maximum atomic E-state index is 12.1. The molecule has 0 aliphatic rings. The van der Waals surface area contributed by atoms with E-state index < -0.39 is 5.97 Å². The second-order valence-electron chi connectivity index (χ2n) is 7.86. The Balaban J connectivity index is 2.10. The van der Waals surface area contributed by atoms with Gasteiger partial charge in [0.1, 0.15) is 5.75 Å². The molecule has 0 heterocycles. The largest absolute Gasteiger partial charge is 0.493 e. The van der Waals surface area contributed by atoms with E-state index in [2.05, 4.69) is 5.32 Å². The van der Waals surface area contributed by atoms with Crippen molar-refractivity contribution in [3.63, 3.8) is 0 Å². The molecule has 1 aromatic carbocycles. The lowest BCUT2D eigenvalue weighted by Gasteiger charge is -2.20. The highest BCUT2D eigenvalue weighted by atomic mass is 16.5. The van der Waals surface area contributed by atoms with E-state index in [0.717, 1.165) is 44.3 Å². The zero-order valence-corrected chi connectivity index (χ0v) is 19.3. The summed E-state index contributed by atoms with van der Waals surface area (Å²) in [6, 6.07) is 5.16. The first kappa shape index (κ1) is 26.6. The Bertz CT molecular complexity index is 665. The standard InChI is InChI=1S/C23H38N2O6/c1-25(2)17-18(15-23(27)28)24-22(26)11-9-7-5-6-8-10-14-31-19-12-13-20(29-3)21(16-19)30-4/h12-13,16,18H,5-11,14-15,17H2,1-4H3,(H,24,26)(H,27,28). The molecule has 0 spiro atoms. The van der Waals surface area contributed by atoms with Crippen LogP contribution in [0, 0.1) is 0 Å². The van der Waals surface area contributed by atoms with Crippen LogP contribution in [-0.2, 0) is 9.59 Å². The Morgan fingerprint density at radius 1 is 1.00 bits per heavy atom. The molecule has 1 unspecified atom stereocenters. The number of carboxylic acid groups (broad SMARTS) is 1. The summed E-state index contributed by atoms with van der Waals surface area (Å²) in [6.45, 7) is 1.16. The number of aliphatic carboxylic acids is 1. The normalized spacial score (nSPS) is 11.8. The first-order valence-electron chi connectivity index (χ1n) is 10.9. The second kappa shape index (κ2) is 15.3. The van der Waals surface area contributed by atoms with E-state index >= 15 is 0 Å². The molecule has 2 N–H and O–H groups in total. The number of amides is 1. The van der Waals surface area contributed by atoms with Gasteiger partial charge in [0.25, 0.3) is 0 Å². The highest BCUT2D eigenvalue weighted by molar-refractivity contribution is 5.77. The van der Waals surface area contributed by atoms with Crippen LogP contribution < -0.4 is 19.5 Å². The summed E-state index contributed by atoms with van der Waals surface area (Å²) in [5, 5.41) is 11.8. The summed E-state index contributed by atoms with van der Waals surface area (Å²) in [4.78, 5) is 24.9. The van der Waals surface area contributed by atoms with Gasteiger partial charge in [0.15, 0.2) is 11.5 Å². The molecule has 0 fully saturated rings. The molecule has 1 rings (SSSR count). The van der Waals surface area contributed by atoms with Crippen LogP contribution in [0.3, 0.4) is 0 Å². The number of likely N-dealkylation sites (N-methyl/N-ethyl adjacent to an activating group) is 1. The topological polar surface area (TPSA) is 97.3 Å². The maximum Gasteiger partial charge on any atom is 0.305 e. The molecule has 8 nitrogen and oxygen atoms in total. The molecular weight excluding hydrogens is 400 g/mol. The van der Waals surface area contributed by atoms with Crippen molar-refractivity contribution in [2.75, 3.05) is 41.5 Å². The van der Waals surface area contributed by atoms with Crippen molar-refractivity contribution >= 4 is 11.9 Å². The quantitative estimate of drug-likeness (QED) is 0.360. The van der Waals surface area contributed by atoms with Crippen LogP contribution in [0.1, 0.15) is 51.4 Å². The highest BCUT2D eigenvalue weighted by Gasteiger charge is 2.16. The number of benzene rings is 1. The average molecular weight is 439 g/mol. The number of hydrogen-bond donors (Lipinski definition) is 2. The first-order chi connectivity index (χ1) is 14.8. The molecule has 1 atom stereocenters. The summed E-state index contributed by atoms with van der Waals surface area (Å²) in [5.74, 6) is 1.12. The van der Waals surface area contributed by atoms with Gasteiger partial charge in [-0.25, -0.2) is 0 Å². The molecule has 8 heteroatoms. The lowest BCUT2D eigenvalue weighted by Crippen LogP contribution is -2.42. The van der Waals surface area contributed by atoms with Crippen LogP contribution in [0.15, 0.2) is 18.2 Å². The van der Waals surface area contributed by atoms with Crippen LogP contribution >= 0.6 is 0 Å². The first-order valence-corrected chi connectivity index (χ1v) is 10.9. The van der Waals surface area contributed by atoms with E-state index in [-0.39, 0.29) is 18.4 Å². The minimum atomic E-state index is -0.901. The number of carbonyl (C=O) groups excluding carboxylic acids is 1. The molecule has 1 amide bonds. The van der Waals surface area contributed by atoms with Crippen LogP contribution in [0.4, 0.5) is 0 Å². The number of ether oxygens (including phenoxy) is 3. The number of methoxy groups -OCH3 is 2. The van der Waals surface area contributed by atoms with E-state index in [9.17, 15) is 9.59 Å². The monoisotopic (exact) mass is 438 g/mol. The van der Waals surface area contributed by atoms with Gasteiger partial charge in [-0.1, -0.05) is 25.7 Å². The Labute approximate surface area is 185 Å². The SMILES string of the molecule is COc1ccc(OCCCCCCCCC(=O)NC(CC(=O)O)CN(C)C)cc1OC. The Morgan fingerprint density at radius 2 is 1.65 bits per heavy atom. The van der Waals surface area contributed by atoms with Gasteiger partial charge < -0.3 is 29.5 Å². The molecule has 0 saturated heterocycles. The van der Waals surface area contributed by atoms with E-state index in [1.165, 1.54) is 0 Å². The van der Waals surface area contributed by atoms with Gasteiger partial charge in [-0.3, -0.25) is 9.59 Å². The third-order valence-electron chi connectivity index (χ3n) is 4.79. The fourth-order valence-corrected chi connectivity index (χ4v) is 3.30. The number of nitrogens with one attached hydrogen (secondary N) is 1. The second-order valence-corrected chi connectivity index (χ2v) is 7.86. The molecule has 0 aliphatic carbocycles. The smallest absolute Gasteiger partial charge is 0.305 e. The van der Waals surface area contributed by atoms with Crippen molar-refractivity contribution in [3.05, 3.63) is 18.2 Å². The lowest BCUT2D eigenvalue weighted by atomic mass is 10.1. The predicted octanol–water partition coefficient (Wildman–Crippen LogP) is 3.33. The average Bonchev–Trinajstić information content (AvgIpc) is 2.71. The third kappa shape index (κ3) is 12.1. The van der Waals surface area contributed by atoms with Crippen LogP contribution in [-0.4, -0.2) is 69.4 Å². The molecule has 0 radical (unpaired) electrons. The van der Waals surface area contributed by atoms with Gasteiger partial charge >= 0.3 is 5.97 Å². The van der Waals surface area contributed by atoms with E-state index in [1.807, 2.05) is 37.2 Å². The van der Waals surface area contributed by atoms with Crippen LogP contribution in [0.25, 0.3) is 0 Å². The summed E-state index contributed by atoms with van der Waals surface area (Å²) >= 11 is 0. The summed E-state index contributed by atoms with van der Waals surface area (Å²) in [6.07, 6.45) is 6.39. The Morgan fingerprint density at radius 3 is 2.26 bits per heavy atom. The summed E-state index contributed by atoms with van der Waals surface area (Å²) in [7, 11) is 6.93. The van der Waals surface area contributed by atoms with Gasteiger partial charge in [-0.15, -0.1) is 0 Å². The van der Waals surface area contributed by atoms with Gasteiger partial charge in [-0.05, 0) is 39.1 Å². The van der Waals surface area contributed by atoms with E-state index in [1.54, 1.807) is 14.2 Å². The molecule has 1 aromatic rings. The lowest BCUT2D eigenvalue weighted by molar-refractivity contribution is -0.137. The van der Waals surface area contributed by atoms with E-state index in [4.69, 9.17) is 19.3 Å². The molecule has 0 bridgehead atoms. The maximum absolute atomic E-state index is 12.1. The van der Waals surface area contributed by atoms with Gasteiger partial charge in [0, 0.05) is 19.0 Å². The van der Waals surface area contributed by atoms with Gasteiger partial charge in [0.05, 0.1) is 33.3 Å². The van der Waals surface area contributed by atoms with Crippen molar-refractivity contribution in [1.29, 1.82) is 0 Å². The number of nitrogens with zero attached hydrogens (tertiary/aromatic N) is 1. The van der Waals surface area contributed by atoms with Crippen molar-refractivity contribution in [1.82, 2.24) is 10.2 Å². The third-order valence-corrected chi connectivity index (χ3v) is 4.79. The molecule has 0 aliphatic heterocycles. The van der Waals surface area contributed by atoms with Crippen molar-refractivity contribution in [2.45, 2.75) is 57.4 Å². The molecular formula is C23H38N2O6. The van der Waals surface area contributed by atoms with Gasteiger partial charge in [-0.2, -0.15) is 0 Å². The highest BCUT2D eigenvalue weighted by Crippen LogP contribution is 2.30. The van der Waals surface area contributed by atoms with Crippen molar-refractivity contribution in [2.24, 2.45) is 0 Å². The predicted molar refractivity (Wildman–Crippen MR) is 120 cm³/mol. The number of unbranched alkanes of at least 4 members (excludes halogenated alkanes) is 5. The van der Waals surface area contributed by atoms with Crippen molar-refractivity contribution < 1.29 is 28.9 Å².